The minimum atomic E-state index is -0.611. The molecule has 1 saturated carbocycles. The highest BCUT2D eigenvalue weighted by molar-refractivity contribution is 6.46. The summed E-state index contributed by atoms with van der Waals surface area (Å²) >= 11 is 0. The van der Waals surface area contributed by atoms with E-state index in [1.807, 2.05) is 51.1 Å². The van der Waals surface area contributed by atoms with Gasteiger partial charge >= 0.3 is 13.5 Å². The molecular weight excluding hydrogens is 549 g/mol. The van der Waals surface area contributed by atoms with Gasteiger partial charge < -0.3 is 19.8 Å². The van der Waals surface area contributed by atoms with Gasteiger partial charge in [-0.3, -0.25) is 9.59 Å². The first-order valence-corrected chi connectivity index (χ1v) is 17.2. The molecule has 241 valence electrons. The van der Waals surface area contributed by atoms with Gasteiger partial charge in [-0.2, -0.15) is 0 Å². The summed E-state index contributed by atoms with van der Waals surface area (Å²) in [6.07, 6.45) is 14.8. The summed E-state index contributed by atoms with van der Waals surface area (Å²) in [7, 11) is 1.70. The molecule has 0 spiro atoms. The van der Waals surface area contributed by atoms with Crippen molar-refractivity contribution in [2.75, 3.05) is 0 Å². The molecule has 1 radical (unpaired) electrons. The van der Waals surface area contributed by atoms with Crippen LogP contribution in [0.15, 0.2) is 54.1 Å². The fourth-order valence-corrected chi connectivity index (χ4v) is 7.10. The lowest BCUT2D eigenvalue weighted by molar-refractivity contribution is -0.164. The molecule has 2 N–H and O–H groups in total. The molecule has 1 aromatic carbocycles. The van der Waals surface area contributed by atoms with E-state index in [9.17, 15) is 14.7 Å². The van der Waals surface area contributed by atoms with Crippen LogP contribution in [0.25, 0.3) is 0 Å². The normalized spacial score (nSPS) is 27.0. The minimum Gasteiger partial charge on any atom is -0.461 e. The Balaban J connectivity index is 1.40. The molecule has 6 nitrogen and oxygen atoms in total. The topological polar surface area (TPSA) is 84.9 Å². The first-order chi connectivity index (χ1) is 21.1. The van der Waals surface area contributed by atoms with Crippen LogP contribution in [0.1, 0.15) is 105 Å². The quantitative estimate of drug-likeness (QED) is 0.189. The fraction of sp³-hybridized carbons (Fsp3) is 0.676. The number of hydrogen-bond acceptors (Lipinski definition) is 5. The average molecular weight is 605 g/mol. The van der Waals surface area contributed by atoms with Crippen LogP contribution in [-0.2, 0) is 19.0 Å². The molecule has 1 aromatic rings. The second kappa shape index (κ2) is 16.3. The molecule has 0 saturated heterocycles. The molecule has 7 atom stereocenters. The Morgan fingerprint density at radius 3 is 2.55 bits per heavy atom. The highest BCUT2D eigenvalue weighted by atomic mass is 16.5. The maximum Gasteiger partial charge on any atom is 0.330 e. The monoisotopic (exact) mass is 604 g/mol. The number of aliphatic hydroxyl groups excluding tert-OH is 1. The van der Waals surface area contributed by atoms with Gasteiger partial charge in [0, 0.05) is 12.0 Å². The smallest absolute Gasteiger partial charge is 0.330 e. The van der Waals surface area contributed by atoms with Crippen LogP contribution in [0.4, 0.5) is 0 Å². The highest BCUT2D eigenvalue weighted by Gasteiger charge is 2.43. The van der Waals surface area contributed by atoms with Crippen LogP contribution < -0.4 is 10.8 Å². The molecule has 0 heterocycles. The van der Waals surface area contributed by atoms with E-state index in [0.717, 1.165) is 50.4 Å². The minimum absolute atomic E-state index is 0.00707. The number of hydrogen-bond donors (Lipinski definition) is 2. The number of esters is 1. The standard InChI is InChI=1S/C37H55BNO5/c1-6-37(4,5)36(42)43-33-22-25(2)21-27-18-17-26(3)32(35(27)33)20-19-30(40)23-31(44-38-28-13-9-7-10-14-28)24-34(41)39-29-15-11-8-12-16-29/h7,9-10,13-14,17-18,21,25-26,29-33,35,40H,6,8,11-12,15-16,19-20,22-24H2,1-5H3,(H,39,41)/t25-,26-,30+,31+,32-,33-,35-/m0/s1. The SMILES string of the molecule is CCC(C)(C)C(=O)O[C@H]1C[C@@H](C)C=C2C=C[C@H](C)[C@H](CC[C@@H](O)C[C@H](CC(=O)NC3CCCCC3)O[B]c3ccccc3)[C@H]21. The highest BCUT2D eigenvalue weighted by Crippen LogP contribution is 2.45. The number of aliphatic hydroxyl groups is 1. The zero-order valence-electron chi connectivity index (χ0n) is 27.7. The number of rotatable bonds is 14. The van der Waals surface area contributed by atoms with E-state index in [1.54, 1.807) is 7.48 Å². The van der Waals surface area contributed by atoms with Gasteiger partial charge in [0.05, 0.1) is 24.0 Å². The van der Waals surface area contributed by atoms with E-state index in [1.165, 1.54) is 12.0 Å². The summed E-state index contributed by atoms with van der Waals surface area (Å²) in [5, 5.41) is 14.5. The van der Waals surface area contributed by atoms with Gasteiger partial charge in [-0.05, 0) is 82.1 Å². The maximum absolute atomic E-state index is 13.1. The van der Waals surface area contributed by atoms with Crippen molar-refractivity contribution in [3.05, 3.63) is 54.1 Å². The average Bonchev–Trinajstić information content (AvgIpc) is 3.00. The van der Waals surface area contributed by atoms with Crippen molar-refractivity contribution in [3.63, 3.8) is 0 Å². The summed E-state index contributed by atoms with van der Waals surface area (Å²) in [5.74, 6) is 0.882. The number of fused-ring (bicyclic) bond motifs is 1. The van der Waals surface area contributed by atoms with Crippen molar-refractivity contribution in [2.24, 2.45) is 29.1 Å². The van der Waals surface area contributed by atoms with Gasteiger partial charge in [-0.15, -0.1) is 0 Å². The molecule has 0 aliphatic heterocycles. The first-order valence-electron chi connectivity index (χ1n) is 17.2. The van der Waals surface area contributed by atoms with E-state index in [4.69, 9.17) is 9.39 Å². The predicted octanol–water partition coefficient (Wildman–Crippen LogP) is 6.44. The number of nitrogens with one attached hydrogen (secondary N) is 1. The number of carbonyl (C=O) groups excluding carboxylic acids is 2. The van der Waals surface area contributed by atoms with Crippen LogP contribution in [0.3, 0.4) is 0 Å². The van der Waals surface area contributed by atoms with E-state index in [-0.39, 0.29) is 42.3 Å². The summed E-state index contributed by atoms with van der Waals surface area (Å²) in [6, 6.07) is 10.0. The second-order valence-electron chi connectivity index (χ2n) is 14.3. The molecule has 7 heteroatoms. The Bertz CT molecular complexity index is 1130. The number of allylic oxidation sites excluding steroid dienone is 3. The summed E-state index contributed by atoms with van der Waals surface area (Å²) in [5.41, 5.74) is 1.67. The van der Waals surface area contributed by atoms with Crippen molar-refractivity contribution in [1.82, 2.24) is 5.32 Å². The number of benzene rings is 1. The number of carbonyl (C=O) groups is 2. The predicted molar refractivity (Wildman–Crippen MR) is 177 cm³/mol. The van der Waals surface area contributed by atoms with Crippen molar-refractivity contribution in [1.29, 1.82) is 0 Å². The Morgan fingerprint density at radius 1 is 1.11 bits per heavy atom. The molecule has 3 aliphatic rings. The lowest BCUT2D eigenvalue weighted by Gasteiger charge is -2.44. The molecule has 1 amide bonds. The van der Waals surface area contributed by atoms with Gasteiger partial charge in [0.2, 0.25) is 5.91 Å². The zero-order valence-corrected chi connectivity index (χ0v) is 27.7. The molecular formula is C37H55BNO5. The molecule has 0 bridgehead atoms. The largest absolute Gasteiger partial charge is 0.461 e. The Labute approximate surface area is 266 Å². The fourth-order valence-electron chi connectivity index (χ4n) is 7.10. The van der Waals surface area contributed by atoms with E-state index >= 15 is 0 Å². The van der Waals surface area contributed by atoms with E-state index < -0.39 is 17.6 Å². The summed E-state index contributed by atoms with van der Waals surface area (Å²) in [6.45, 7) is 10.4. The first kappa shape index (κ1) is 34.5. The molecule has 1 fully saturated rings. The summed E-state index contributed by atoms with van der Waals surface area (Å²) < 4.78 is 12.4. The van der Waals surface area contributed by atoms with Crippen LogP contribution in [-0.4, -0.2) is 48.8 Å². The number of ether oxygens (including phenoxy) is 1. The van der Waals surface area contributed by atoms with E-state index in [2.05, 4.69) is 37.4 Å². The third-order valence-electron chi connectivity index (χ3n) is 10.2. The van der Waals surface area contributed by atoms with Crippen molar-refractivity contribution in [2.45, 2.75) is 130 Å². The van der Waals surface area contributed by atoms with Crippen molar-refractivity contribution >= 4 is 24.8 Å². The van der Waals surface area contributed by atoms with Gasteiger partial charge in [-0.1, -0.05) is 94.1 Å². The third kappa shape index (κ3) is 9.81. The Morgan fingerprint density at radius 2 is 1.84 bits per heavy atom. The molecule has 4 rings (SSSR count). The zero-order chi connectivity index (χ0) is 31.7. The lowest BCUT2D eigenvalue weighted by Crippen LogP contribution is -2.43. The maximum atomic E-state index is 13.1. The lowest BCUT2D eigenvalue weighted by atomic mass is 9.65. The van der Waals surface area contributed by atoms with Crippen LogP contribution in [0.5, 0.6) is 0 Å². The van der Waals surface area contributed by atoms with Crippen molar-refractivity contribution < 1.29 is 24.1 Å². The Hall–Kier alpha value is -2.38. The van der Waals surface area contributed by atoms with Gasteiger partial charge in [0.1, 0.15) is 6.10 Å². The van der Waals surface area contributed by atoms with Crippen LogP contribution in [0.2, 0.25) is 0 Å². The molecule has 0 unspecified atom stereocenters. The van der Waals surface area contributed by atoms with Gasteiger partial charge in [0.15, 0.2) is 0 Å². The second-order valence-corrected chi connectivity index (χ2v) is 14.3. The molecule has 3 aliphatic carbocycles. The van der Waals surface area contributed by atoms with Crippen molar-refractivity contribution in [3.8, 4) is 0 Å². The van der Waals surface area contributed by atoms with Crippen LogP contribution >= 0.6 is 0 Å². The third-order valence-corrected chi connectivity index (χ3v) is 10.2. The van der Waals surface area contributed by atoms with E-state index in [0.29, 0.717) is 24.7 Å². The molecule has 0 aromatic heterocycles. The van der Waals surface area contributed by atoms with Gasteiger partial charge in [0.25, 0.3) is 0 Å². The Kier molecular flexibility index (Phi) is 12.8. The molecule has 44 heavy (non-hydrogen) atoms. The summed E-state index contributed by atoms with van der Waals surface area (Å²) in [4.78, 5) is 26.2. The van der Waals surface area contributed by atoms with Gasteiger partial charge in [-0.25, -0.2) is 0 Å². The number of amides is 1. The van der Waals surface area contributed by atoms with Crippen LogP contribution in [0, 0.1) is 29.1 Å².